The third-order valence-electron chi connectivity index (χ3n) is 5.44. The van der Waals surface area contributed by atoms with Crippen molar-refractivity contribution in [3.63, 3.8) is 0 Å². The van der Waals surface area contributed by atoms with Crippen LogP contribution in [0.5, 0.6) is 0 Å². The molecule has 1 aromatic heterocycles. The van der Waals surface area contributed by atoms with Gasteiger partial charge in [-0.3, -0.25) is 14.6 Å². The van der Waals surface area contributed by atoms with Gasteiger partial charge < -0.3 is 15.5 Å². The van der Waals surface area contributed by atoms with Crippen LogP contribution in [0.1, 0.15) is 36.0 Å². The highest BCUT2D eigenvalue weighted by Gasteiger charge is 2.16. The number of rotatable bonds is 6. The Hall–Kier alpha value is -3.41. The zero-order valence-electron chi connectivity index (χ0n) is 16.9. The van der Waals surface area contributed by atoms with Crippen molar-refractivity contribution in [1.82, 2.24) is 10.3 Å². The number of nitrogens with zero attached hydrogens (tertiary/aromatic N) is 2. The number of hydrogen-bond acceptors (Lipinski definition) is 4. The Labute approximate surface area is 176 Å². The SMILES string of the molecule is O=C(CCNC(=O)c1ccccc1)Nc1ccc(N2CCCCC2)c2ccncc12. The molecular weight excluding hydrogens is 376 g/mol. The van der Waals surface area contributed by atoms with Gasteiger partial charge in [0.25, 0.3) is 5.91 Å². The van der Waals surface area contributed by atoms with Crippen LogP contribution in [0.2, 0.25) is 0 Å². The summed E-state index contributed by atoms with van der Waals surface area (Å²) in [7, 11) is 0. The van der Waals surface area contributed by atoms with Gasteiger partial charge in [-0.1, -0.05) is 18.2 Å². The van der Waals surface area contributed by atoms with E-state index in [9.17, 15) is 9.59 Å². The van der Waals surface area contributed by atoms with Crippen molar-refractivity contribution >= 4 is 34.0 Å². The van der Waals surface area contributed by atoms with Crippen molar-refractivity contribution in [1.29, 1.82) is 0 Å². The highest BCUT2D eigenvalue weighted by atomic mass is 16.2. The summed E-state index contributed by atoms with van der Waals surface area (Å²) in [4.78, 5) is 31.2. The van der Waals surface area contributed by atoms with E-state index in [1.165, 1.54) is 24.9 Å². The maximum absolute atomic E-state index is 12.5. The van der Waals surface area contributed by atoms with Gasteiger partial charge in [0, 0.05) is 60.5 Å². The average molecular weight is 402 g/mol. The number of aromatic nitrogens is 1. The number of anilines is 2. The highest BCUT2D eigenvalue weighted by molar-refractivity contribution is 6.06. The molecule has 4 rings (SSSR count). The summed E-state index contributed by atoms with van der Waals surface area (Å²) in [5.74, 6) is -0.317. The number of hydrogen-bond donors (Lipinski definition) is 2. The average Bonchev–Trinajstić information content (AvgIpc) is 2.80. The molecule has 0 unspecified atom stereocenters. The summed E-state index contributed by atoms with van der Waals surface area (Å²) in [6.45, 7) is 2.40. The molecule has 6 heteroatoms. The first-order chi connectivity index (χ1) is 14.7. The minimum absolute atomic E-state index is 0.140. The molecule has 0 radical (unpaired) electrons. The lowest BCUT2D eigenvalue weighted by Gasteiger charge is -2.30. The number of benzene rings is 2. The molecule has 30 heavy (non-hydrogen) atoms. The lowest BCUT2D eigenvalue weighted by atomic mass is 10.0. The summed E-state index contributed by atoms with van der Waals surface area (Å²) in [6, 6.07) is 15.0. The van der Waals surface area contributed by atoms with E-state index in [0.29, 0.717) is 5.56 Å². The zero-order chi connectivity index (χ0) is 20.8. The Morgan fingerprint density at radius 1 is 0.933 bits per heavy atom. The van der Waals surface area contributed by atoms with Crippen molar-refractivity contribution in [2.45, 2.75) is 25.7 Å². The fourth-order valence-electron chi connectivity index (χ4n) is 3.89. The predicted molar refractivity (Wildman–Crippen MR) is 120 cm³/mol. The van der Waals surface area contributed by atoms with Gasteiger partial charge in [-0.15, -0.1) is 0 Å². The molecule has 1 aliphatic heterocycles. The van der Waals surface area contributed by atoms with Crippen molar-refractivity contribution in [2.75, 3.05) is 29.9 Å². The predicted octanol–water partition coefficient (Wildman–Crippen LogP) is 3.98. The van der Waals surface area contributed by atoms with Crippen molar-refractivity contribution in [3.05, 3.63) is 66.5 Å². The van der Waals surface area contributed by atoms with E-state index in [0.717, 1.165) is 29.5 Å². The number of fused-ring (bicyclic) bond motifs is 1. The molecule has 0 spiro atoms. The second-order valence-corrected chi connectivity index (χ2v) is 7.52. The van der Waals surface area contributed by atoms with Crippen LogP contribution in [-0.2, 0) is 4.79 Å². The van der Waals surface area contributed by atoms with E-state index >= 15 is 0 Å². The molecule has 2 heterocycles. The first-order valence-electron chi connectivity index (χ1n) is 10.5. The van der Waals surface area contributed by atoms with Crippen LogP contribution in [-0.4, -0.2) is 36.4 Å². The summed E-state index contributed by atoms with van der Waals surface area (Å²) in [5, 5.41) is 7.80. The van der Waals surface area contributed by atoms with Gasteiger partial charge in [0.2, 0.25) is 5.91 Å². The molecule has 1 aliphatic rings. The molecule has 1 fully saturated rings. The molecule has 2 amide bonds. The number of carbonyl (C=O) groups excluding carboxylic acids is 2. The normalized spacial score (nSPS) is 13.8. The Morgan fingerprint density at radius 2 is 1.73 bits per heavy atom. The highest BCUT2D eigenvalue weighted by Crippen LogP contribution is 2.33. The first kappa shape index (κ1) is 19.9. The van der Waals surface area contributed by atoms with E-state index in [4.69, 9.17) is 0 Å². The van der Waals surface area contributed by atoms with Gasteiger partial charge in [-0.2, -0.15) is 0 Å². The quantitative estimate of drug-likeness (QED) is 0.654. The van der Waals surface area contributed by atoms with Gasteiger partial charge in [0.1, 0.15) is 0 Å². The summed E-state index contributed by atoms with van der Waals surface area (Å²) >= 11 is 0. The fourth-order valence-corrected chi connectivity index (χ4v) is 3.89. The van der Waals surface area contributed by atoms with Gasteiger partial charge in [0.05, 0.1) is 5.69 Å². The Kier molecular flexibility index (Phi) is 6.23. The Morgan fingerprint density at radius 3 is 2.53 bits per heavy atom. The van der Waals surface area contributed by atoms with E-state index < -0.39 is 0 Å². The van der Waals surface area contributed by atoms with Crippen LogP contribution in [0, 0.1) is 0 Å². The number of piperidine rings is 1. The molecule has 1 saturated heterocycles. The zero-order valence-corrected chi connectivity index (χ0v) is 16.9. The summed E-state index contributed by atoms with van der Waals surface area (Å²) < 4.78 is 0. The molecule has 3 aromatic rings. The van der Waals surface area contributed by atoms with Gasteiger partial charge in [-0.25, -0.2) is 0 Å². The van der Waals surface area contributed by atoms with Gasteiger partial charge >= 0.3 is 0 Å². The second kappa shape index (κ2) is 9.39. The molecule has 0 saturated carbocycles. The van der Waals surface area contributed by atoms with E-state index in [2.05, 4.69) is 26.6 Å². The van der Waals surface area contributed by atoms with E-state index in [1.54, 1.807) is 24.5 Å². The molecule has 0 bridgehead atoms. The van der Waals surface area contributed by atoms with E-state index in [-0.39, 0.29) is 24.8 Å². The van der Waals surface area contributed by atoms with Gasteiger partial charge in [0.15, 0.2) is 0 Å². The van der Waals surface area contributed by atoms with Crippen molar-refractivity contribution < 1.29 is 9.59 Å². The maximum Gasteiger partial charge on any atom is 0.251 e. The van der Waals surface area contributed by atoms with E-state index in [1.807, 2.05) is 30.3 Å². The van der Waals surface area contributed by atoms with Crippen molar-refractivity contribution in [2.24, 2.45) is 0 Å². The minimum Gasteiger partial charge on any atom is -0.371 e. The molecule has 0 atom stereocenters. The number of carbonyl (C=O) groups is 2. The van der Waals surface area contributed by atoms with Crippen LogP contribution in [0.3, 0.4) is 0 Å². The van der Waals surface area contributed by atoms with Crippen molar-refractivity contribution in [3.8, 4) is 0 Å². The largest absolute Gasteiger partial charge is 0.371 e. The molecule has 2 N–H and O–H groups in total. The second-order valence-electron chi connectivity index (χ2n) is 7.52. The van der Waals surface area contributed by atoms with Crippen LogP contribution in [0.4, 0.5) is 11.4 Å². The monoisotopic (exact) mass is 402 g/mol. The number of amides is 2. The van der Waals surface area contributed by atoms with Crippen LogP contribution >= 0.6 is 0 Å². The Balaban J connectivity index is 1.41. The maximum atomic E-state index is 12.5. The Bertz CT molecular complexity index is 1030. The molecule has 154 valence electrons. The van der Waals surface area contributed by atoms with Crippen LogP contribution < -0.4 is 15.5 Å². The smallest absolute Gasteiger partial charge is 0.251 e. The third-order valence-corrected chi connectivity index (χ3v) is 5.44. The molecular formula is C24H26N4O2. The summed E-state index contributed by atoms with van der Waals surface area (Å²) in [6.07, 6.45) is 7.49. The van der Waals surface area contributed by atoms with Crippen LogP contribution in [0.15, 0.2) is 60.9 Å². The lowest BCUT2D eigenvalue weighted by molar-refractivity contribution is -0.116. The molecule has 2 aromatic carbocycles. The lowest BCUT2D eigenvalue weighted by Crippen LogP contribution is -2.29. The summed E-state index contributed by atoms with van der Waals surface area (Å²) in [5.41, 5.74) is 2.53. The fraction of sp³-hybridized carbons (Fsp3) is 0.292. The first-order valence-corrected chi connectivity index (χ1v) is 10.5. The van der Waals surface area contributed by atoms with Crippen LogP contribution in [0.25, 0.3) is 10.8 Å². The third kappa shape index (κ3) is 4.59. The standard InChI is InChI=1S/C24H26N4O2/c29-23(12-14-26-24(30)18-7-3-1-4-8-18)27-21-9-10-22(28-15-5-2-6-16-28)19-11-13-25-17-20(19)21/h1,3-4,7-11,13,17H,2,5-6,12,14-16H2,(H,26,30)(H,27,29). The number of nitrogens with one attached hydrogen (secondary N) is 2. The topological polar surface area (TPSA) is 74.3 Å². The van der Waals surface area contributed by atoms with Gasteiger partial charge in [-0.05, 0) is 49.6 Å². The molecule has 6 nitrogen and oxygen atoms in total. The number of pyridine rings is 1. The molecule has 0 aliphatic carbocycles. The minimum atomic E-state index is -0.177.